The molecule has 0 amide bonds. The van der Waals surface area contributed by atoms with E-state index in [1.807, 2.05) is 23.6 Å². The maximum Gasteiger partial charge on any atom is 0.218 e. The van der Waals surface area contributed by atoms with Gasteiger partial charge in [-0.25, -0.2) is 4.52 Å². The minimum Gasteiger partial charge on any atom is -0.693 e. The molecule has 2 aromatic heterocycles. The molecule has 1 aliphatic rings. The molecule has 0 bridgehead atoms. The first-order chi connectivity index (χ1) is 10.5. The molecule has 1 fully saturated rings. The predicted octanol–water partition coefficient (Wildman–Crippen LogP) is 3.64. The van der Waals surface area contributed by atoms with Crippen molar-refractivity contribution in [1.29, 1.82) is 0 Å². The molecule has 5 nitrogen and oxygen atoms in total. The molecule has 1 saturated heterocycles. The summed E-state index contributed by atoms with van der Waals surface area (Å²) in [5.41, 5.74) is 11.7. The van der Waals surface area contributed by atoms with Crippen LogP contribution in [0.3, 0.4) is 0 Å². The van der Waals surface area contributed by atoms with E-state index in [2.05, 4.69) is 19.1 Å². The molecule has 3 heterocycles. The first kappa shape index (κ1) is 15.2. The van der Waals surface area contributed by atoms with Crippen LogP contribution in [0.25, 0.3) is 11.3 Å². The van der Waals surface area contributed by atoms with Gasteiger partial charge in [-0.15, -0.1) is 5.10 Å². The first-order valence-electron chi connectivity index (χ1n) is 8.17. The van der Waals surface area contributed by atoms with Gasteiger partial charge < -0.3 is 15.0 Å². The largest absolute Gasteiger partial charge is 0.693 e. The van der Waals surface area contributed by atoms with E-state index in [0.29, 0.717) is 18.2 Å². The number of quaternary nitrogens is 1. The van der Waals surface area contributed by atoms with Crippen LogP contribution in [0.15, 0.2) is 12.1 Å². The molecule has 2 aromatic rings. The molecule has 0 spiro atoms. The molecule has 1 N–H and O–H groups in total. The number of likely N-dealkylation sites (tertiary alicyclic amines) is 1. The van der Waals surface area contributed by atoms with Gasteiger partial charge in [-0.05, 0) is 44.7 Å². The van der Waals surface area contributed by atoms with Crippen LogP contribution in [-0.4, -0.2) is 47.4 Å². The average Bonchev–Trinajstić information content (AvgIpc) is 2.81. The molecule has 3 rings (SSSR count). The molecular formula is C17H26N4O. The second-order valence-corrected chi connectivity index (χ2v) is 6.78. The van der Waals surface area contributed by atoms with E-state index in [9.17, 15) is 0 Å². The van der Waals surface area contributed by atoms with Gasteiger partial charge in [-0.2, -0.15) is 0 Å². The number of fused-ring (bicyclic) bond motifs is 1. The van der Waals surface area contributed by atoms with E-state index in [1.54, 1.807) is 0 Å². The Balaban J connectivity index is 1.71. The number of hydrogen-bond donors (Lipinski definition) is 0. The maximum atomic E-state index is 8.24. The highest BCUT2D eigenvalue weighted by Gasteiger charge is 2.24. The zero-order valence-electron chi connectivity index (χ0n) is 13.9. The molecule has 0 atom stereocenters. The minimum atomic E-state index is 0.393. The topological polar surface area (TPSA) is 50.3 Å². The lowest BCUT2D eigenvalue weighted by molar-refractivity contribution is -0.914. The van der Waals surface area contributed by atoms with Crippen molar-refractivity contribution >= 4 is 11.2 Å². The summed E-state index contributed by atoms with van der Waals surface area (Å²) in [7, 11) is 2.31. The summed E-state index contributed by atoms with van der Waals surface area (Å²) in [4.78, 5) is 0. The Bertz CT molecular complexity index is 671. The zero-order chi connectivity index (χ0) is 15.7. The highest BCUT2D eigenvalue weighted by atomic mass is 16.5. The van der Waals surface area contributed by atoms with Gasteiger partial charge in [-0.1, -0.05) is 11.8 Å². The van der Waals surface area contributed by atoms with Crippen LogP contribution >= 0.6 is 0 Å². The molecule has 120 valence electrons. The number of ether oxygens (including phenoxy) is 1. The summed E-state index contributed by atoms with van der Waals surface area (Å²) < 4.78 is 8.76. The first-order valence-corrected chi connectivity index (χ1v) is 8.17. The summed E-state index contributed by atoms with van der Waals surface area (Å²) in [6.45, 7) is 8.18. The van der Waals surface area contributed by atoms with Crippen molar-refractivity contribution in [2.45, 2.75) is 33.1 Å². The maximum absolute atomic E-state index is 8.24. The van der Waals surface area contributed by atoms with Crippen molar-refractivity contribution < 1.29 is 9.22 Å². The Morgan fingerprint density at radius 3 is 2.68 bits per heavy atom. The molecular weight excluding hydrogens is 276 g/mol. The van der Waals surface area contributed by atoms with Crippen LogP contribution in [0.4, 0.5) is 5.69 Å². The molecule has 0 aromatic carbocycles. The van der Waals surface area contributed by atoms with Gasteiger partial charge in [0.25, 0.3) is 0 Å². The molecule has 1 aliphatic heterocycles. The Kier molecular flexibility index (Phi) is 4.00. The van der Waals surface area contributed by atoms with Crippen molar-refractivity contribution in [2.24, 2.45) is 0 Å². The second kappa shape index (κ2) is 5.80. The van der Waals surface area contributed by atoms with Crippen LogP contribution in [0.2, 0.25) is 0 Å². The Morgan fingerprint density at radius 1 is 1.23 bits per heavy atom. The molecule has 5 heteroatoms. The quantitative estimate of drug-likeness (QED) is 0.810. The van der Waals surface area contributed by atoms with Crippen molar-refractivity contribution in [3.8, 4) is 5.88 Å². The summed E-state index contributed by atoms with van der Waals surface area (Å²) in [5, 5.41) is 4.48. The fraction of sp³-hybridized carbons (Fsp3) is 0.588. The SMILES string of the molecule is Cc1ccc2c([NH-])c(OCC[N+]3(C)CCCCC3)nn2c1C. The van der Waals surface area contributed by atoms with Crippen molar-refractivity contribution in [1.82, 2.24) is 9.61 Å². The third kappa shape index (κ3) is 2.77. The van der Waals surface area contributed by atoms with E-state index < -0.39 is 0 Å². The number of nitrogens with one attached hydrogen (secondary N) is 1. The molecule has 0 aliphatic carbocycles. The van der Waals surface area contributed by atoms with Gasteiger partial charge in [-0.3, -0.25) is 0 Å². The molecule has 0 radical (unpaired) electrons. The van der Waals surface area contributed by atoms with Gasteiger partial charge in [0.2, 0.25) is 5.88 Å². The number of hydrogen-bond acceptors (Lipinski definition) is 2. The normalized spacial score (nSPS) is 17.8. The summed E-state index contributed by atoms with van der Waals surface area (Å²) in [6, 6.07) is 3.98. The molecule has 22 heavy (non-hydrogen) atoms. The molecule has 0 saturated carbocycles. The number of piperidine rings is 1. The fourth-order valence-corrected chi connectivity index (χ4v) is 3.27. The van der Waals surface area contributed by atoms with E-state index in [0.717, 1.165) is 22.2 Å². The number of aryl methyl sites for hydroxylation is 2. The number of rotatable bonds is 4. The lowest BCUT2D eigenvalue weighted by Crippen LogP contribution is -2.50. The van der Waals surface area contributed by atoms with Gasteiger partial charge in [0.15, 0.2) is 0 Å². The van der Waals surface area contributed by atoms with Crippen molar-refractivity contribution in [3.63, 3.8) is 0 Å². The van der Waals surface area contributed by atoms with Gasteiger partial charge in [0.05, 0.1) is 25.7 Å². The zero-order valence-corrected chi connectivity index (χ0v) is 13.9. The lowest BCUT2D eigenvalue weighted by atomic mass is 10.1. The second-order valence-electron chi connectivity index (χ2n) is 6.78. The van der Waals surface area contributed by atoms with E-state index in [4.69, 9.17) is 10.5 Å². The number of aromatic nitrogens is 2. The van der Waals surface area contributed by atoms with Gasteiger partial charge in [0.1, 0.15) is 13.2 Å². The number of pyridine rings is 1. The van der Waals surface area contributed by atoms with Crippen LogP contribution in [0.5, 0.6) is 5.88 Å². The van der Waals surface area contributed by atoms with E-state index in [1.165, 1.54) is 37.9 Å². The van der Waals surface area contributed by atoms with Crippen LogP contribution < -0.4 is 4.74 Å². The summed E-state index contributed by atoms with van der Waals surface area (Å²) >= 11 is 0. The number of nitrogens with zero attached hydrogens (tertiary/aromatic N) is 3. The molecule has 0 unspecified atom stereocenters. The highest BCUT2D eigenvalue weighted by Crippen LogP contribution is 2.32. The van der Waals surface area contributed by atoms with Crippen molar-refractivity contribution in [3.05, 3.63) is 29.1 Å². The van der Waals surface area contributed by atoms with Crippen LogP contribution in [-0.2, 0) is 0 Å². The van der Waals surface area contributed by atoms with E-state index in [-0.39, 0.29) is 0 Å². The smallest absolute Gasteiger partial charge is 0.218 e. The highest BCUT2D eigenvalue weighted by molar-refractivity contribution is 5.77. The third-order valence-electron chi connectivity index (χ3n) is 5.03. The van der Waals surface area contributed by atoms with Gasteiger partial charge >= 0.3 is 0 Å². The lowest BCUT2D eigenvalue weighted by Gasteiger charge is -2.37. The van der Waals surface area contributed by atoms with Crippen LogP contribution in [0, 0.1) is 13.8 Å². The Labute approximate surface area is 132 Å². The van der Waals surface area contributed by atoms with E-state index >= 15 is 0 Å². The minimum absolute atomic E-state index is 0.393. The summed E-state index contributed by atoms with van der Waals surface area (Å²) in [6.07, 6.45) is 3.98. The monoisotopic (exact) mass is 302 g/mol. The Morgan fingerprint density at radius 2 is 1.95 bits per heavy atom. The van der Waals surface area contributed by atoms with Crippen LogP contribution in [0.1, 0.15) is 30.5 Å². The number of likely N-dealkylation sites (N-methyl/N-ethyl adjacent to an activating group) is 1. The summed E-state index contributed by atoms with van der Waals surface area (Å²) in [5.74, 6) is 0.456. The fourth-order valence-electron chi connectivity index (χ4n) is 3.27. The van der Waals surface area contributed by atoms with Gasteiger partial charge in [0, 0.05) is 5.69 Å². The average molecular weight is 302 g/mol. The third-order valence-corrected chi connectivity index (χ3v) is 5.03. The Hall–Kier alpha value is -1.75. The van der Waals surface area contributed by atoms with Crippen molar-refractivity contribution in [2.75, 3.05) is 33.3 Å². The standard InChI is InChI=1S/C17H26N4O/c1-13-7-8-15-16(18)17(19-20(15)14(13)2)22-12-11-21(3)9-5-4-6-10-21/h7-8,18H,4-6,9-12H2,1-3H3. The predicted molar refractivity (Wildman–Crippen MR) is 88.8 cm³/mol.